The number of sulfone groups is 1. The van der Waals surface area contributed by atoms with Gasteiger partial charge in [0.1, 0.15) is 0 Å². The van der Waals surface area contributed by atoms with Crippen molar-refractivity contribution < 1.29 is 8.42 Å². The Morgan fingerprint density at radius 3 is 2.43 bits per heavy atom. The molecule has 2 N–H and O–H groups in total. The zero-order valence-electron chi connectivity index (χ0n) is 17.5. The van der Waals surface area contributed by atoms with Crippen LogP contribution in [0, 0.1) is 0 Å². The average molecular weight is 563 g/mol. The van der Waals surface area contributed by atoms with Crippen LogP contribution in [0.4, 0.5) is 0 Å². The van der Waals surface area contributed by atoms with Crippen molar-refractivity contribution in [2.45, 2.75) is 36.7 Å². The van der Waals surface area contributed by atoms with Gasteiger partial charge in [0, 0.05) is 45.5 Å². The smallest absolute Gasteiger partial charge is 0.191 e. The van der Waals surface area contributed by atoms with Crippen molar-refractivity contribution in [3.8, 4) is 0 Å². The number of aliphatic imine (C=N–C) groups is 1. The molecule has 6 nitrogen and oxygen atoms in total. The summed E-state index contributed by atoms with van der Waals surface area (Å²) in [6.45, 7) is 3.98. The highest BCUT2D eigenvalue weighted by molar-refractivity contribution is 14.0. The van der Waals surface area contributed by atoms with Crippen molar-refractivity contribution >= 4 is 51.1 Å². The van der Waals surface area contributed by atoms with E-state index in [9.17, 15) is 8.42 Å². The van der Waals surface area contributed by atoms with Crippen molar-refractivity contribution in [2.75, 3.05) is 32.9 Å². The van der Waals surface area contributed by atoms with E-state index in [0.29, 0.717) is 10.9 Å². The number of piperidine rings is 1. The van der Waals surface area contributed by atoms with Gasteiger partial charge in [0.2, 0.25) is 0 Å². The normalized spacial score (nSPS) is 16.1. The minimum atomic E-state index is -3.14. The van der Waals surface area contributed by atoms with Crippen LogP contribution in [-0.4, -0.2) is 58.3 Å². The lowest BCUT2D eigenvalue weighted by Gasteiger charge is -2.32. The van der Waals surface area contributed by atoms with Gasteiger partial charge in [0.05, 0.1) is 4.90 Å². The molecule has 1 saturated heterocycles. The Morgan fingerprint density at radius 2 is 1.87 bits per heavy atom. The fourth-order valence-electron chi connectivity index (χ4n) is 3.49. The summed E-state index contributed by atoms with van der Waals surface area (Å²) >= 11 is 1.76. The lowest BCUT2D eigenvalue weighted by Crippen LogP contribution is -2.48. The third-order valence-electron chi connectivity index (χ3n) is 5.20. The molecule has 0 amide bonds. The number of likely N-dealkylation sites (tertiary alicyclic amines) is 1. The van der Waals surface area contributed by atoms with E-state index in [2.05, 4.69) is 37.4 Å². The zero-order chi connectivity index (χ0) is 20.7. The molecule has 166 valence electrons. The highest BCUT2D eigenvalue weighted by Crippen LogP contribution is 2.15. The topological polar surface area (TPSA) is 73.8 Å². The summed E-state index contributed by atoms with van der Waals surface area (Å²) < 4.78 is 23.1. The summed E-state index contributed by atoms with van der Waals surface area (Å²) in [7, 11) is -1.35. The number of guanidine groups is 1. The summed E-state index contributed by atoms with van der Waals surface area (Å²) in [4.78, 5) is 7.21. The minimum Gasteiger partial charge on any atom is -0.356 e. The number of rotatable bonds is 7. The first kappa shape index (κ1) is 25.1. The number of nitrogens with zero attached hydrogens (tertiary/aromatic N) is 2. The summed E-state index contributed by atoms with van der Waals surface area (Å²) in [5, 5.41) is 11.3. The molecule has 0 bridgehead atoms. The molecular weight excluding hydrogens is 531 g/mol. The summed E-state index contributed by atoms with van der Waals surface area (Å²) in [6.07, 6.45) is 4.26. The van der Waals surface area contributed by atoms with Gasteiger partial charge in [-0.2, -0.15) is 11.3 Å². The van der Waals surface area contributed by atoms with Crippen LogP contribution < -0.4 is 10.6 Å². The molecule has 1 aromatic heterocycles. The third kappa shape index (κ3) is 7.82. The Hall–Kier alpha value is -1.17. The fourth-order valence-corrected chi connectivity index (χ4v) is 4.78. The monoisotopic (exact) mass is 562 g/mol. The van der Waals surface area contributed by atoms with Crippen LogP contribution >= 0.6 is 35.3 Å². The van der Waals surface area contributed by atoms with Gasteiger partial charge in [0.25, 0.3) is 0 Å². The van der Waals surface area contributed by atoms with Crippen LogP contribution in [0.15, 0.2) is 51.0 Å². The number of halogens is 1. The van der Waals surface area contributed by atoms with Crippen LogP contribution in [0.2, 0.25) is 0 Å². The van der Waals surface area contributed by atoms with Gasteiger partial charge in [-0.25, -0.2) is 8.42 Å². The second-order valence-corrected chi connectivity index (χ2v) is 10.3. The van der Waals surface area contributed by atoms with Gasteiger partial charge in [-0.1, -0.05) is 12.1 Å². The second kappa shape index (κ2) is 12.0. The maximum absolute atomic E-state index is 11.5. The van der Waals surface area contributed by atoms with Crippen LogP contribution in [0.5, 0.6) is 0 Å². The van der Waals surface area contributed by atoms with Crippen molar-refractivity contribution in [3.05, 3.63) is 52.2 Å². The largest absolute Gasteiger partial charge is 0.356 e. The van der Waals surface area contributed by atoms with E-state index in [-0.39, 0.29) is 24.0 Å². The first-order valence-electron chi connectivity index (χ1n) is 9.93. The molecule has 30 heavy (non-hydrogen) atoms. The van der Waals surface area contributed by atoms with E-state index in [1.807, 2.05) is 12.1 Å². The van der Waals surface area contributed by atoms with Crippen LogP contribution in [0.1, 0.15) is 24.0 Å². The molecule has 1 aliphatic heterocycles. The Kier molecular flexibility index (Phi) is 10.1. The molecule has 0 radical (unpaired) electrons. The van der Waals surface area contributed by atoms with Crippen molar-refractivity contribution in [1.82, 2.24) is 15.5 Å². The number of hydrogen-bond acceptors (Lipinski definition) is 5. The van der Waals surface area contributed by atoms with Gasteiger partial charge in [0.15, 0.2) is 15.8 Å². The summed E-state index contributed by atoms with van der Waals surface area (Å²) in [5.41, 5.74) is 2.51. The van der Waals surface area contributed by atoms with Gasteiger partial charge in [-0.15, -0.1) is 24.0 Å². The highest BCUT2D eigenvalue weighted by atomic mass is 127. The molecule has 1 aliphatic rings. The Bertz CT molecular complexity index is 892. The average Bonchev–Trinajstić information content (AvgIpc) is 3.21. The maximum atomic E-state index is 11.5. The number of benzene rings is 1. The molecule has 9 heteroatoms. The number of thiophene rings is 1. The molecule has 0 atom stereocenters. The molecule has 2 aromatic rings. The van der Waals surface area contributed by atoms with Crippen LogP contribution in [-0.2, 0) is 22.8 Å². The minimum absolute atomic E-state index is 0. The Balaban J connectivity index is 0.00000320. The van der Waals surface area contributed by atoms with Crippen molar-refractivity contribution in [2.24, 2.45) is 4.99 Å². The second-order valence-electron chi connectivity index (χ2n) is 7.49. The van der Waals surface area contributed by atoms with E-state index in [1.165, 1.54) is 11.8 Å². The lowest BCUT2D eigenvalue weighted by molar-refractivity contribution is 0.198. The fraction of sp³-hybridized carbons (Fsp3) is 0.476. The summed E-state index contributed by atoms with van der Waals surface area (Å²) in [6, 6.07) is 9.72. The van der Waals surface area contributed by atoms with Crippen molar-refractivity contribution in [3.63, 3.8) is 0 Å². The predicted molar refractivity (Wildman–Crippen MR) is 136 cm³/mol. The van der Waals surface area contributed by atoms with Gasteiger partial charge in [-0.3, -0.25) is 9.89 Å². The summed E-state index contributed by atoms with van der Waals surface area (Å²) in [5.74, 6) is 0.828. The number of nitrogens with one attached hydrogen (secondary N) is 2. The maximum Gasteiger partial charge on any atom is 0.191 e. The van der Waals surface area contributed by atoms with Gasteiger partial charge in [-0.05, 0) is 59.3 Å². The highest BCUT2D eigenvalue weighted by Gasteiger charge is 2.20. The quantitative estimate of drug-likeness (QED) is 0.308. The Labute approximate surface area is 201 Å². The molecule has 0 saturated carbocycles. The first-order valence-corrected chi connectivity index (χ1v) is 12.8. The van der Waals surface area contributed by atoms with E-state index in [1.54, 1.807) is 30.5 Å². The van der Waals surface area contributed by atoms with E-state index >= 15 is 0 Å². The molecule has 0 unspecified atom stereocenters. The molecule has 3 rings (SSSR count). The van der Waals surface area contributed by atoms with Gasteiger partial charge >= 0.3 is 0 Å². The van der Waals surface area contributed by atoms with Gasteiger partial charge < -0.3 is 10.6 Å². The lowest BCUT2D eigenvalue weighted by atomic mass is 10.0. The molecular formula is C21H31IN4O2S2. The Morgan fingerprint density at radius 1 is 1.17 bits per heavy atom. The molecule has 0 aliphatic carbocycles. The third-order valence-corrected chi connectivity index (χ3v) is 7.06. The van der Waals surface area contributed by atoms with Crippen molar-refractivity contribution in [1.29, 1.82) is 0 Å². The molecule has 1 aromatic carbocycles. The first-order chi connectivity index (χ1) is 13.9. The predicted octanol–water partition coefficient (Wildman–Crippen LogP) is 3.14. The van der Waals surface area contributed by atoms with E-state index in [0.717, 1.165) is 57.0 Å². The van der Waals surface area contributed by atoms with E-state index < -0.39 is 9.84 Å². The SMILES string of the molecule is CN=C(NCCc1ccc(S(C)(=O)=O)cc1)NC1CCN(Cc2ccsc2)CC1.I. The van der Waals surface area contributed by atoms with Crippen LogP contribution in [0.25, 0.3) is 0 Å². The standard InChI is InChI=1S/C21H30N4O2S2.HI/c1-22-21(23-11-7-17-3-5-20(6-4-17)29(2,26)27)24-19-8-12-25(13-9-19)15-18-10-14-28-16-18;/h3-6,10,14,16,19H,7-9,11-13,15H2,1-2H3,(H2,22,23,24);1H. The zero-order valence-corrected chi connectivity index (χ0v) is 21.5. The molecule has 1 fully saturated rings. The van der Waals surface area contributed by atoms with E-state index in [4.69, 9.17) is 0 Å². The molecule has 2 heterocycles. The molecule has 0 spiro atoms. The number of hydrogen-bond donors (Lipinski definition) is 2. The van der Waals surface area contributed by atoms with Crippen LogP contribution in [0.3, 0.4) is 0 Å².